The Morgan fingerprint density at radius 3 is 2.23 bits per heavy atom. The Kier molecular flexibility index (Phi) is 7.21. The molecule has 0 aliphatic rings. The average molecular weight is 442 g/mol. The minimum atomic E-state index is -0.322. The molecule has 2 aromatic carbocycles. The van der Waals surface area contributed by atoms with Gasteiger partial charge in [-0.1, -0.05) is 29.8 Å². The van der Waals surface area contributed by atoms with Crippen molar-refractivity contribution in [1.29, 1.82) is 0 Å². The Morgan fingerprint density at radius 2 is 1.57 bits per heavy atom. The van der Waals surface area contributed by atoms with Crippen LogP contribution in [0.2, 0.25) is 5.02 Å². The van der Waals surface area contributed by atoms with Gasteiger partial charge in [0, 0.05) is 30.7 Å². The van der Waals surface area contributed by atoms with E-state index in [9.17, 15) is 14.4 Å². The van der Waals surface area contributed by atoms with Crippen LogP contribution in [0.4, 0.5) is 5.69 Å². The lowest BCUT2D eigenvalue weighted by atomic mass is 10.1. The van der Waals surface area contributed by atoms with E-state index in [0.29, 0.717) is 26.7 Å². The van der Waals surface area contributed by atoms with Crippen LogP contribution in [0, 0.1) is 0 Å². The van der Waals surface area contributed by atoms with E-state index in [2.05, 4.69) is 10.6 Å². The third-order valence-corrected chi connectivity index (χ3v) is 5.46. The highest BCUT2D eigenvalue weighted by Gasteiger charge is 2.20. The summed E-state index contributed by atoms with van der Waals surface area (Å²) in [5, 5.41) is 7.90. The van der Waals surface area contributed by atoms with Crippen molar-refractivity contribution in [3.05, 3.63) is 87.1 Å². The average Bonchev–Trinajstić information content (AvgIpc) is 3.31. The van der Waals surface area contributed by atoms with Crippen molar-refractivity contribution in [2.75, 3.05) is 25.0 Å². The number of anilines is 1. The summed E-state index contributed by atoms with van der Waals surface area (Å²) in [4.78, 5) is 39.4. The first-order valence-electron chi connectivity index (χ1n) is 9.20. The van der Waals surface area contributed by atoms with E-state index in [-0.39, 0.29) is 30.8 Å². The first kappa shape index (κ1) is 21.5. The molecule has 0 unspecified atom stereocenters. The van der Waals surface area contributed by atoms with E-state index >= 15 is 0 Å². The normalized spacial score (nSPS) is 10.3. The molecule has 0 spiro atoms. The number of thiophene rings is 1. The monoisotopic (exact) mass is 441 g/mol. The molecule has 0 aliphatic heterocycles. The second kappa shape index (κ2) is 10.0. The van der Waals surface area contributed by atoms with E-state index in [0.717, 1.165) is 0 Å². The number of halogens is 1. The van der Waals surface area contributed by atoms with Crippen molar-refractivity contribution in [1.82, 2.24) is 10.6 Å². The topological polar surface area (TPSA) is 78.5 Å². The molecule has 1 heterocycles. The van der Waals surface area contributed by atoms with Crippen LogP contribution >= 0.6 is 22.9 Å². The summed E-state index contributed by atoms with van der Waals surface area (Å²) in [6, 6.07) is 17.0. The highest BCUT2D eigenvalue weighted by molar-refractivity contribution is 7.12. The van der Waals surface area contributed by atoms with Crippen LogP contribution in [-0.2, 0) is 0 Å². The second-order valence-corrected chi connectivity index (χ2v) is 7.76. The van der Waals surface area contributed by atoms with Crippen molar-refractivity contribution >= 4 is 46.3 Å². The molecule has 0 saturated carbocycles. The molecule has 0 bridgehead atoms. The molecule has 154 valence electrons. The summed E-state index contributed by atoms with van der Waals surface area (Å²) < 4.78 is 0. The summed E-state index contributed by atoms with van der Waals surface area (Å²) in [6.45, 7) is 0.508. The van der Waals surface area contributed by atoms with Gasteiger partial charge < -0.3 is 15.5 Å². The lowest BCUT2D eigenvalue weighted by molar-refractivity contribution is 0.0927. The molecule has 0 atom stereocenters. The van der Waals surface area contributed by atoms with Crippen LogP contribution in [0.3, 0.4) is 0 Å². The summed E-state index contributed by atoms with van der Waals surface area (Å²) in [5.74, 6) is -0.750. The molecular formula is C22H20ClN3O3S. The standard InChI is InChI=1S/C22H20ClN3O3S/c1-26(22(29)19-7-4-14-30-19)18-6-3-2-5-17(18)21(28)25-13-12-24-20(27)15-8-10-16(23)11-9-15/h2-11,14H,12-13H2,1H3,(H,24,27)(H,25,28). The largest absolute Gasteiger partial charge is 0.350 e. The fourth-order valence-corrected chi connectivity index (χ4v) is 3.61. The minimum Gasteiger partial charge on any atom is -0.350 e. The fourth-order valence-electron chi connectivity index (χ4n) is 2.78. The highest BCUT2D eigenvalue weighted by atomic mass is 35.5. The van der Waals surface area contributed by atoms with Crippen LogP contribution in [-0.4, -0.2) is 37.9 Å². The zero-order chi connectivity index (χ0) is 21.5. The maximum Gasteiger partial charge on any atom is 0.268 e. The predicted octanol–water partition coefficient (Wildman–Crippen LogP) is 3.84. The Bertz CT molecular complexity index is 1040. The Balaban J connectivity index is 1.57. The molecule has 8 heteroatoms. The maximum atomic E-state index is 12.7. The van der Waals surface area contributed by atoms with Gasteiger partial charge in [0.15, 0.2) is 0 Å². The predicted molar refractivity (Wildman–Crippen MR) is 120 cm³/mol. The van der Waals surface area contributed by atoms with Gasteiger partial charge in [-0.2, -0.15) is 0 Å². The Labute approximate surface area is 183 Å². The van der Waals surface area contributed by atoms with Crippen LogP contribution in [0.5, 0.6) is 0 Å². The van der Waals surface area contributed by atoms with Gasteiger partial charge in [0.2, 0.25) is 0 Å². The molecule has 30 heavy (non-hydrogen) atoms. The SMILES string of the molecule is CN(C(=O)c1cccs1)c1ccccc1C(=O)NCCNC(=O)c1ccc(Cl)cc1. The summed E-state index contributed by atoms with van der Waals surface area (Å²) in [5.41, 5.74) is 1.39. The summed E-state index contributed by atoms with van der Waals surface area (Å²) >= 11 is 7.16. The quantitative estimate of drug-likeness (QED) is 0.547. The number of carbonyl (C=O) groups is 3. The Hall–Kier alpha value is -3.16. The van der Waals surface area contributed by atoms with E-state index < -0.39 is 0 Å². The van der Waals surface area contributed by atoms with Crippen molar-refractivity contribution in [3.8, 4) is 0 Å². The minimum absolute atomic E-state index is 0.180. The molecule has 6 nitrogen and oxygen atoms in total. The van der Waals surface area contributed by atoms with Gasteiger partial charge in [-0.15, -0.1) is 11.3 Å². The van der Waals surface area contributed by atoms with Crippen LogP contribution in [0.1, 0.15) is 30.4 Å². The van der Waals surface area contributed by atoms with E-state index in [4.69, 9.17) is 11.6 Å². The van der Waals surface area contributed by atoms with E-state index in [1.165, 1.54) is 16.2 Å². The van der Waals surface area contributed by atoms with Crippen molar-refractivity contribution in [3.63, 3.8) is 0 Å². The molecule has 0 aliphatic carbocycles. The molecule has 0 saturated heterocycles. The van der Waals surface area contributed by atoms with Crippen molar-refractivity contribution < 1.29 is 14.4 Å². The van der Waals surface area contributed by atoms with Gasteiger partial charge in [0.1, 0.15) is 0 Å². The number of para-hydroxylation sites is 1. The third kappa shape index (κ3) is 5.25. The van der Waals surface area contributed by atoms with E-state index in [1.807, 2.05) is 11.4 Å². The van der Waals surface area contributed by atoms with E-state index in [1.54, 1.807) is 61.6 Å². The molecule has 1 aromatic heterocycles. The molecule has 0 fully saturated rings. The number of rotatable bonds is 7. The van der Waals surface area contributed by atoms with Crippen molar-refractivity contribution in [2.45, 2.75) is 0 Å². The Morgan fingerprint density at radius 1 is 0.900 bits per heavy atom. The molecule has 3 aromatic rings. The van der Waals surface area contributed by atoms with Gasteiger partial charge in [-0.05, 0) is 47.8 Å². The second-order valence-electron chi connectivity index (χ2n) is 6.38. The number of amides is 3. The van der Waals surface area contributed by atoms with Gasteiger partial charge in [-0.25, -0.2) is 0 Å². The molecular weight excluding hydrogens is 422 g/mol. The first-order valence-corrected chi connectivity index (χ1v) is 10.5. The number of hydrogen-bond acceptors (Lipinski definition) is 4. The smallest absolute Gasteiger partial charge is 0.268 e. The highest BCUT2D eigenvalue weighted by Crippen LogP contribution is 2.22. The lowest BCUT2D eigenvalue weighted by Gasteiger charge is -2.20. The lowest BCUT2D eigenvalue weighted by Crippen LogP contribution is -2.35. The molecule has 3 rings (SSSR count). The van der Waals surface area contributed by atoms with Gasteiger partial charge in [0.25, 0.3) is 17.7 Å². The summed E-state index contributed by atoms with van der Waals surface area (Å²) in [7, 11) is 1.64. The number of hydrogen-bond donors (Lipinski definition) is 2. The van der Waals surface area contributed by atoms with Gasteiger partial charge >= 0.3 is 0 Å². The molecule has 2 N–H and O–H groups in total. The first-order chi connectivity index (χ1) is 14.5. The number of benzene rings is 2. The van der Waals surface area contributed by atoms with Crippen LogP contribution in [0.25, 0.3) is 0 Å². The van der Waals surface area contributed by atoms with Crippen LogP contribution < -0.4 is 15.5 Å². The van der Waals surface area contributed by atoms with Crippen LogP contribution in [0.15, 0.2) is 66.0 Å². The molecule has 0 radical (unpaired) electrons. The summed E-state index contributed by atoms with van der Waals surface area (Å²) in [6.07, 6.45) is 0. The van der Waals surface area contributed by atoms with Crippen molar-refractivity contribution in [2.24, 2.45) is 0 Å². The maximum absolute atomic E-state index is 12.7. The van der Waals surface area contributed by atoms with Gasteiger partial charge in [0.05, 0.1) is 16.1 Å². The fraction of sp³-hybridized carbons (Fsp3) is 0.136. The third-order valence-electron chi connectivity index (χ3n) is 4.35. The molecule has 3 amide bonds. The number of carbonyl (C=O) groups excluding carboxylic acids is 3. The zero-order valence-electron chi connectivity index (χ0n) is 16.2. The van der Waals surface area contributed by atoms with Gasteiger partial charge in [-0.3, -0.25) is 14.4 Å². The number of nitrogens with one attached hydrogen (secondary N) is 2. The zero-order valence-corrected chi connectivity index (χ0v) is 17.8. The number of nitrogens with zero attached hydrogens (tertiary/aromatic N) is 1.